The first-order chi connectivity index (χ1) is 14.7. The van der Waals surface area contributed by atoms with E-state index in [1.54, 1.807) is 15.3 Å². The number of fused-ring (bicyclic) bond motifs is 3. The fourth-order valence-corrected chi connectivity index (χ4v) is 3.94. The van der Waals surface area contributed by atoms with Gasteiger partial charge in [0.2, 0.25) is 0 Å². The van der Waals surface area contributed by atoms with Crippen LogP contribution in [0.15, 0.2) is 77.9 Å². The molecule has 148 valence electrons. The van der Waals surface area contributed by atoms with Crippen LogP contribution in [0.5, 0.6) is 0 Å². The summed E-state index contributed by atoms with van der Waals surface area (Å²) in [5.74, 6) is 0. The third-order valence-electron chi connectivity index (χ3n) is 5.32. The van der Waals surface area contributed by atoms with Crippen LogP contribution in [0.4, 0.5) is 0 Å². The lowest BCUT2D eigenvalue weighted by atomic mass is 10.0. The molecule has 5 nitrogen and oxygen atoms in total. The summed E-state index contributed by atoms with van der Waals surface area (Å²) in [5, 5.41) is 6.02. The van der Waals surface area contributed by atoms with Gasteiger partial charge in [-0.05, 0) is 35.7 Å². The van der Waals surface area contributed by atoms with Gasteiger partial charge < -0.3 is 4.57 Å². The van der Waals surface area contributed by atoms with E-state index in [1.165, 1.54) is 0 Å². The zero-order valence-corrected chi connectivity index (χ0v) is 17.2. The molecule has 2 aromatic carbocycles. The third kappa shape index (κ3) is 3.08. The average Bonchev–Trinajstić information content (AvgIpc) is 3.16. The molecule has 0 saturated heterocycles. The van der Waals surface area contributed by atoms with Gasteiger partial charge >= 0.3 is 0 Å². The molecule has 30 heavy (non-hydrogen) atoms. The van der Waals surface area contributed by atoms with E-state index in [0.29, 0.717) is 17.0 Å². The predicted octanol–water partition coefficient (Wildman–Crippen LogP) is 4.98. The van der Waals surface area contributed by atoms with Crippen LogP contribution in [0, 0.1) is 0 Å². The van der Waals surface area contributed by atoms with Crippen LogP contribution in [0.3, 0.4) is 0 Å². The zero-order chi connectivity index (χ0) is 20.7. The summed E-state index contributed by atoms with van der Waals surface area (Å²) in [7, 11) is 0. The Bertz CT molecular complexity index is 1420. The SMILES string of the molecule is CCc1nn2c(ncc3c(=O)n(Cc4ccccc4)ccc32)c1-c1ccc(Cl)cc1. The number of aryl methyl sites for hydroxylation is 1. The second-order valence-electron chi connectivity index (χ2n) is 7.21. The number of benzene rings is 2. The lowest BCUT2D eigenvalue weighted by Crippen LogP contribution is -2.21. The predicted molar refractivity (Wildman–Crippen MR) is 120 cm³/mol. The van der Waals surface area contributed by atoms with Crippen LogP contribution in [-0.2, 0) is 13.0 Å². The summed E-state index contributed by atoms with van der Waals surface area (Å²) >= 11 is 6.06. The molecule has 0 N–H and O–H groups in total. The van der Waals surface area contributed by atoms with Gasteiger partial charge in [-0.25, -0.2) is 9.50 Å². The fraction of sp³-hybridized carbons (Fsp3) is 0.125. The van der Waals surface area contributed by atoms with Gasteiger partial charge in [0.05, 0.1) is 23.1 Å². The highest BCUT2D eigenvalue weighted by Crippen LogP contribution is 2.30. The van der Waals surface area contributed by atoms with Crippen LogP contribution in [0.2, 0.25) is 5.02 Å². The molecular weight excluding hydrogens is 396 g/mol. The Morgan fingerprint density at radius 3 is 2.50 bits per heavy atom. The van der Waals surface area contributed by atoms with Crippen molar-refractivity contribution in [3.63, 3.8) is 0 Å². The maximum atomic E-state index is 13.1. The summed E-state index contributed by atoms with van der Waals surface area (Å²) in [6.07, 6.45) is 4.25. The summed E-state index contributed by atoms with van der Waals surface area (Å²) in [6.45, 7) is 2.58. The quantitative estimate of drug-likeness (QED) is 0.417. The minimum Gasteiger partial charge on any atom is -0.310 e. The molecular formula is C24H19ClN4O. The van der Waals surface area contributed by atoms with Crippen LogP contribution in [0.25, 0.3) is 27.7 Å². The Labute approximate surface area is 178 Å². The first kappa shape index (κ1) is 18.6. The second kappa shape index (κ2) is 7.43. The molecule has 0 spiro atoms. The van der Waals surface area contributed by atoms with E-state index in [2.05, 4.69) is 11.9 Å². The van der Waals surface area contributed by atoms with Crippen LogP contribution >= 0.6 is 11.6 Å². The van der Waals surface area contributed by atoms with E-state index in [4.69, 9.17) is 16.7 Å². The first-order valence-electron chi connectivity index (χ1n) is 9.85. The van der Waals surface area contributed by atoms with E-state index in [9.17, 15) is 4.79 Å². The molecule has 0 aliphatic carbocycles. The number of nitrogens with zero attached hydrogens (tertiary/aromatic N) is 4. The Kier molecular flexibility index (Phi) is 4.60. The van der Waals surface area contributed by atoms with E-state index in [0.717, 1.165) is 40.0 Å². The van der Waals surface area contributed by atoms with Gasteiger partial charge in [-0.15, -0.1) is 0 Å². The van der Waals surface area contributed by atoms with Crippen molar-refractivity contribution in [2.75, 3.05) is 0 Å². The summed E-state index contributed by atoms with van der Waals surface area (Å²) in [6, 6.07) is 19.5. The fourth-order valence-electron chi connectivity index (χ4n) is 3.82. The van der Waals surface area contributed by atoms with Gasteiger partial charge in [-0.1, -0.05) is 61.0 Å². The monoisotopic (exact) mass is 414 g/mol. The van der Waals surface area contributed by atoms with Gasteiger partial charge in [-0.3, -0.25) is 4.79 Å². The van der Waals surface area contributed by atoms with E-state index >= 15 is 0 Å². The first-order valence-corrected chi connectivity index (χ1v) is 10.2. The van der Waals surface area contributed by atoms with Gasteiger partial charge in [0.1, 0.15) is 0 Å². The maximum Gasteiger partial charge on any atom is 0.261 e. The Hall–Kier alpha value is -3.44. The number of aromatic nitrogens is 4. The number of hydrogen-bond acceptors (Lipinski definition) is 3. The van der Waals surface area contributed by atoms with Gasteiger partial charge in [0, 0.05) is 23.0 Å². The van der Waals surface area contributed by atoms with E-state index in [-0.39, 0.29) is 5.56 Å². The standard InChI is InChI=1S/C24H19ClN4O/c1-2-20-22(17-8-10-18(25)11-9-17)23-26-14-19-21(29(23)27-20)12-13-28(24(19)30)15-16-6-4-3-5-7-16/h3-14H,2,15H2,1H3. The minimum atomic E-state index is -0.0765. The van der Waals surface area contributed by atoms with Crippen molar-refractivity contribution >= 4 is 28.2 Å². The van der Waals surface area contributed by atoms with E-state index in [1.807, 2.05) is 66.9 Å². The lowest BCUT2D eigenvalue weighted by molar-refractivity contribution is 0.765. The maximum absolute atomic E-state index is 13.1. The summed E-state index contributed by atoms with van der Waals surface area (Å²) in [5.41, 5.74) is 5.41. The van der Waals surface area contributed by atoms with Crippen molar-refractivity contribution in [1.82, 2.24) is 19.2 Å². The number of halogens is 1. The van der Waals surface area contributed by atoms with Crippen molar-refractivity contribution < 1.29 is 0 Å². The average molecular weight is 415 g/mol. The Balaban J connectivity index is 1.70. The molecule has 6 heteroatoms. The highest BCUT2D eigenvalue weighted by molar-refractivity contribution is 6.30. The molecule has 5 rings (SSSR count). The molecule has 0 unspecified atom stereocenters. The second-order valence-corrected chi connectivity index (χ2v) is 7.65. The molecule has 0 fully saturated rings. The summed E-state index contributed by atoms with van der Waals surface area (Å²) in [4.78, 5) is 17.8. The lowest BCUT2D eigenvalue weighted by Gasteiger charge is -2.08. The molecule has 3 heterocycles. The Morgan fingerprint density at radius 1 is 1.00 bits per heavy atom. The molecule has 0 atom stereocenters. The molecule has 0 aliphatic rings. The molecule has 5 aromatic rings. The van der Waals surface area contributed by atoms with Crippen LogP contribution in [-0.4, -0.2) is 19.2 Å². The number of pyridine rings is 1. The van der Waals surface area contributed by atoms with Crippen LogP contribution < -0.4 is 5.56 Å². The molecule has 0 aliphatic heterocycles. The van der Waals surface area contributed by atoms with Crippen molar-refractivity contribution in [1.29, 1.82) is 0 Å². The normalized spacial score (nSPS) is 11.4. The topological polar surface area (TPSA) is 52.2 Å². The molecule has 3 aromatic heterocycles. The molecule has 0 saturated carbocycles. The highest BCUT2D eigenvalue weighted by atomic mass is 35.5. The number of hydrogen-bond donors (Lipinski definition) is 0. The largest absolute Gasteiger partial charge is 0.310 e. The number of rotatable bonds is 4. The van der Waals surface area contributed by atoms with Gasteiger partial charge in [0.15, 0.2) is 5.65 Å². The molecule has 0 bridgehead atoms. The summed E-state index contributed by atoms with van der Waals surface area (Å²) < 4.78 is 3.49. The smallest absolute Gasteiger partial charge is 0.261 e. The van der Waals surface area contributed by atoms with Crippen molar-refractivity contribution in [2.45, 2.75) is 19.9 Å². The highest BCUT2D eigenvalue weighted by Gasteiger charge is 2.17. The zero-order valence-electron chi connectivity index (χ0n) is 16.4. The van der Waals surface area contributed by atoms with Crippen LogP contribution in [0.1, 0.15) is 18.2 Å². The van der Waals surface area contributed by atoms with Gasteiger partial charge in [0.25, 0.3) is 5.56 Å². The molecule has 0 radical (unpaired) electrons. The minimum absolute atomic E-state index is 0.0765. The van der Waals surface area contributed by atoms with E-state index < -0.39 is 0 Å². The van der Waals surface area contributed by atoms with Crippen molar-refractivity contribution in [2.24, 2.45) is 0 Å². The van der Waals surface area contributed by atoms with Crippen molar-refractivity contribution in [3.8, 4) is 11.1 Å². The molecule has 0 amide bonds. The third-order valence-corrected chi connectivity index (χ3v) is 5.57. The Morgan fingerprint density at radius 2 is 1.77 bits per heavy atom. The van der Waals surface area contributed by atoms with Crippen molar-refractivity contribution in [3.05, 3.63) is 99.7 Å². The van der Waals surface area contributed by atoms with Gasteiger partial charge in [-0.2, -0.15) is 5.10 Å².